The van der Waals surface area contributed by atoms with Crippen LogP contribution in [0, 0.1) is 0 Å². The van der Waals surface area contributed by atoms with Crippen molar-refractivity contribution < 1.29 is 14.0 Å². The van der Waals surface area contributed by atoms with Crippen LogP contribution < -0.4 is 0 Å². The topological polar surface area (TPSA) is 26.3 Å². The first-order chi connectivity index (χ1) is 13.5. The maximum atomic E-state index is 12.5. The number of carbonyl (C=O) groups excluding carboxylic acids is 1. The van der Waals surface area contributed by atoms with Gasteiger partial charge in [0.1, 0.15) is 0 Å². The minimum atomic E-state index is -0.0319. The summed E-state index contributed by atoms with van der Waals surface area (Å²) in [5, 5.41) is 0.823. The van der Waals surface area contributed by atoms with Gasteiger partial charge in [0.2, 0.25) is 0 Å². The van der Waals surface area contributed by atoms with E-state index in [1.807, 2.05) is 18.2 Å². The Kier molecular flexibility index (Phi) is 10.1. The second-order valence-electron chi connectivity index (χ2n) is 8.29. The van der Waals surface area contributed by atoms with Gasteiger partial charge in [0.25, 0.3) is 0 Å². The number of ether oxygens (including phenoxy) is 1. The molecule has 1 heterocycles. The fourth-order valence-corrected chi connectivity index (χ4v) is 4.19. The molecule has 1 aliphatic rings. The van der Waals surface area contributed by atoms with Crippen LogP contribution in [0.4, 0.5) is 0 Å². The fourth-order valence-electron chi connectivity index (χ4n) is 3.99. The number of benzene rings is 1. The number of unbranched alkanes of at least 4 members (excludes halogenated alkanes) is 3. The summed E-state index contributed by atoms with van der Waals surface area (Å²) in [6.45, 7) is 8.47. The molecule has 0 aromatic heterocycles. The molecular weight excluding hydrogens is 370 g/mol. The minimum Gasteiger partial charge on any atom is -0.462 e. The van der Waals surface area contributed by atoms with Crippen molar-refractivity contribution in [3.8, 4) is 0 Å². The Balaban J connectivity index is 1.90. The van der Waals surface area contributed by atoms with E-state index >= 15 is 0 Å². The van der Waals surface area contributed by atoms with Crippen LogP contribution in [0.5, 0.6) is 0 Å². The van der Waals surface area contributed by atoms with Crippen molar-refractivity contribution >= 4 is 17.6 Å². The number of piperidine rings is 1. The lowest BCUT2D eigenvalue weighted by molar-refractivity contribution is -0.920. The van der Waals surface area contributed by atoms with Crippen molar-refractivity contribution in [1.82, 2.24) is 0 Å². The maximum absolute atomic E-state index is 12.5. The van der Waals surface area contributed by atoms with Gasteiger partial charge in [-0.15, -0.1) is 0 Å². The number of rotatable bonds is 11. The summed E-state index contributed by atoms with van der Waals surface area (Å²) in [6, 6.07) is 8.02. The van der Waals surface area contributed by atoms with E-state index in [0.717, 1.165) is 54.0 Å². The van der Waals surface area contributed by atoms with E-state index in [2.05, 4.69) is 26.0 Å². The standard InChI is InChI=1S/C24H37ClNO2/c1-3-4-5-11-18-28-24(27)20-26(15-9-6-10-16-26)17-14-21(2)19-22-12-7-8-13-23(22)25/h7-8,12-14H,3-6,9-11,15-20H2,1-2H3/q+1/b21-14+. The molecule has 1 aromatic carbocycles. The van der Waals surface area contributed by atoms with Gasteiger partial charge in [0, 0.05) is 5.02 Å². The lowest BCUT2D eigenvalue weighted by atomic mass is 10.0. The number of hydrogen-bond acceptors (Lipinski definition) is 2. The monoisotopic (exact) mass is 406 g/mol. The Morgan fingerprint density at radius 1 is 1.14 bits per heavy atom. The molecule has 0 saturated carbocycles. The van der Waals surface area contributed by atoms with Crippen LogP contribution in [0.15, 0.2) is 35.9 Å². The fraction of sp³-hybridized carbons (Fsp3) is 0.625. The summed E-state index contributed by atoms with van der Waals surface area (Å²) in [7, 11) is 0. The smallest absolute Gasteiger partial charge is 0.361 e. The third-order valence-corrected chi connectivity index (χ3v) is 6.11. The zero-order valence-electron chi connectivity index (χ0n) is 17.7. The largest absolute Gasteiger partial charge is 0.462 e. The molecule has 156 valence electrons. The molecule has 1 fully saturated rings. The molecule has 0 radical (unpaired) electrons. The Bertz CT molecular complexity index is 635. The summed E-state index contributed by atoms with van der Waals surface area (Å²) < 4.78 is 6.38. The summed E-state index contributed by atoms with van der Waals surface area (Å²) in [5.41, 5.74) is 2.47. The van der Waals surface area contributed by atoms with Gasteiger partial charge in [-0.25, -0.2) is 4.79 Å². The Morgan fingerprint density at radius 2 is 1.89 bits per heavy atom. The molecule has 1 saturated heterocycles. The quantitative estimate of drug-likeness (QED) is 0.196. The third kappa shape index (κ3) is 7.97. The number of esters is 1. The molecule has 0 unspecified atom stereocenters. The number of quaternary nitrogens is 1. The molecule has 1 aromatic rings. The minimum absolute atomic E-state index is 0.0319. The number of hydrogen-bond donors (Lipinski definition) is 0. The second kappa shape index (κ2) is 12.3. The molecule has 0 amide bonds. The van der Waals surface area contributed by atoms with Crippen molar-refractivity contribution in [2.75, 3.05) is 32.8 Å². The maximum Gasteiger partial charge on any atom is 0.361 e. The van der Waals surface area contributed by atoms with Crippen molar-refractivity contribution in [2.24, 2.45) is 0 Å². The highest BCUT2D eigenvalue weighted by Gasteiger charge is 2.32. The first kappa shape index (κ1) is 23.0. The van der Waals surface area contributed by atoms with E-state index in [9.17, 15) is 4.79 Å². The van der Waals surface area contributed by atoms with Crippen LogP contribution in [0.3, 0.4) is 0 Å². The number of likely N-dealkylation sites (tertiary alicyclic amines) is 1. The van der Waals surface area contributed by atoms with Crippen molar-refractivity contribution in [3.63, 3.8) is 0 Å². The molecule has 0 N–H and O–H groups in total. The first-order valence-corrected chi connectivity index (χ1v) is 11.3. The Hall–Kier alpha value is -1.32. The molecule has 4 heteroatoms. The van der Waals surface area contributed by atoms with Gasteiger partial charge in [-0.2, -0.15) is 0 Å². The summed E-state index contributed by atoms with van der Waals surface area (Å²) in [5.74, 6) is -0.0319. The summed E-state index contributed by atoms with van der Waals surface area (Å²) in [4.78, 5) is 12.5. The van der Waals surface area contributed by atoms with E-state index in [4.69, 9.17) is 16.3 Å². The molecule has 0 bridgehead atoms. The summed E-state index contributed by atoms with van der Waals surface area (Å²) in [6.07, 6.45) is 11.4. The van der Waals surface area contributed by atoms with E-state index in [1.54, 1.807) is 0 Å². The Morgan fingerprint density at radius 3 is 2.61 bits per heavy atom. The zero-order valence-corrected chi connectivity index (χ0v) is 18.5. The molecule has 28 heavy (non-hydrogen) atoms. The highest BCUT2D eigenvalue weighted by molar-refractivity contribution is 6.31. The molecule has 0 aliphatic carbocycles. The number of halogens is 1. The number of allylic oxidation sites excluding steroid dienone is 1. The average Bonchev–Trinajstić information content (AvgIpc) is 2.69. The van der Waals surface area contributed by atoms with Crippen molar-refractivity contribution in [3.05, 3.63) is 46.5 Å². The van der Waals surface area contributed by atoms with Crippen LogP contribution in [0.25, 0.3) is 0 Å². The molecule has 3 nitrogen and oxygen atoms in total. The highest BCUT2D eigenvalue weighted by atomic mass is 35.5. The molecule has 0 spiro atoms. The van der Waals surface area contributed by atoms with Gasteiger partial charge in [-0.3, -0.25) is 0 Å². The van der Waals surface area contributed by atoms with Crippen LogP contribution in [0.1, 0.15) is 64.4 Å². The predicted octanol–water partition coefficient (Wildman–Crippen LogP) is 5.95. The number of nitrogens with zero attached hydrogens (tertiary/aromatic N) is 1. The van der Waals surface area contributed by atoms with E-state index in [-0.39, 0.29) is 5.97 Å². The normalized spacial score (nSPS) is 16.8. The van der Waals surface area contributed by atoms with Crippen molar-refractivity contribution in [1.29, 1.82) is 0 Å². The van der Waals surface area contributed by atoms with Crippen molar-refractivity contribution in [2.45, 2.75) is 65.2 Å². The predicted molar refractivity (Wildman–Crippen MR) is 118 cm³/mol. The second-order valence-corrected chi connectivity index (χ2v) is 8.70. The third-order valence-electron chi connectivity index (χ3n) is 5.74. The van der Waals surface area contributed by atoms with Gasteiger partial charge < -0.3 is 9.22 Å². The van der Waals surface area contributed by atoms with Crippen LogP contribution >= 0.6 is 11.6 Å². The lowest BCUT2D eigenvalue weighted by Gasteiger charge is -2.40. The molecular formula is C24H37ClNO2+. The van der Waals surface area contributed by atoms with Gasteiger partial charge in [0.15, 0.2) is 6.54 Å². The highest BCUT2D eigenvalue weighted by Crippen LogP contribution is 2.22. The van der Waals surface area contributed by atoms with E-state index in [0.29, 0.717) is 13.2 Å². The van der Waals surface area contributed by atoms with Gasteiger partial charge in [-0.05, 0) is 56.7 Å². The first-order valence-electron chi connectivity index (χ1n) is 10.9. The van der Waals surface area contributed by atoms with Crippen LogP contribution in [-0.4, -0.2) is 43.2 Å². The van der Waals surface area contributed by atoms with Gasteiger partial charge in [0.05, 0.1) is 26.2 Å². The molecule has 0 atom stereocenters. The van der Waals surface area contributed by atoms with Gasteiger partial charge >= 0.3 is 5.97 Å². The average molecular weight is 407 g/mol. The van der Waals surface area contributed by atoms with E-state index < -0.39 is 0 Å². The van der Waals surface area contributed by atoms with Crippen LogP contribution in [-0.2, 0) is 16.0 Å². The Labute approximate surface area is 176 Å². The zero-order chi connectivity index (χ0) is 20.2. The number of carbonyl (C=O) groups is 1. The molecule has 1 aliphatic heterocycles. The van der Waals surface area contributed by atoms with E-state index in [1.165, 1.54) is 37.7 Å². The van der Waals surface area contributed by atoms with Crippen LogP contribution in [0.2, 0.25) is 5.02 Å². The molecule has 2 rings (SSSR count). The lowest BCUT2D eigenvalue weighted by Crippen LogP contribution is -2.54. The SMILES string of the molecule is CCCCCCOC(=O)C[N+]1(C/C=C(\C)Cc2ccccc2Cl)CCCCC1. The summed E-state index contributed by atoms with van der Waals surface area (Å²) >= 11 is 6.30. The van der Waals surface area contributed by atoms with Gasteiger partial charge in [-0.1, -0.05) is 61.6 Å².